The van der Waals surface area contributed by atoms with Crippen LogP contribution in [0.4, 0.5) is 17.1 Å². The smallest absolute Gasteiger partial charge is 0.137 e. The van der Waals surface area contributed by atoms with Gasteiger partial charge in [0.25, 0.3) is 0 Å². The van der Waals surface area contributed by atoms with Crippen LogP contribution < -0.4 is 4.90 Å². The van der Waals surface area contributed by atoms with Crippen molar-refractivity contribution in [1.82, 2.24) is 4.40 Å². The number of para-hydroxylation sites is 4. The summed E-state index contributed by atoms with van der Waals surface area (Å²) in [6.07, 6.45) is 0. The fourth-order valence-corrected chi connectivity index (χ4v) is 7.42. The van der Waals surface area contributed by atoms with Crippen LogP contribution in [0.5, 0.6) is 0 Å². The highest BCUT2D eigenvalue weighted by molar-refractivity contribution is 6.25. The first-order valence-corrected chi connectivity index (χ1v) is 15.4. The fourth-order valence-electron chi connectivity index (χ4n) is 7.42. The third-order valence-electron chi connectivity index (χ3n) is 9.32. The lowest BCUT2D eigenvalue weighted by atomic mass is 10.0. The third kappa shape index (κ3) is 3.41. The van der Waals surface area contributed by atoms with Gasteiger partial charge in [-0.3, -0.25) is 0 Å². The molecule has 0 atom stereocenters. The maximum atomic E-state index is 6.40. The zero-order valence-electron chi connectivity index (χ0n) is 24.3. The van der Waals surface area contributed by atoms with Gasteiger partial charge < -0.3 is 13.7 Å². The molecule has 0 saturated carbocycles. The number of benzene rings is 7. The van der Waals surface area contributed by atoms with Gasteiger partial charge in [-0.25, -0.2) is 0 Å². The van der Waals surface area contributed by atoms with Gasteiger partial charge in [-0.2, -0.15) is 0 Å². The highest BCUT2D eigenvalue weighted by Gasteiger charge is 2.25. The van der Waals surface area contributed by atoms with Crippen LogP contribution in [0, 0.1) is 0 Å². The van der Waals surface area contributed by atoms with Crippen molar-refractivity contribution < 1.29 is 4.42 Å². The van der Waals surface area contributed by atoms with Crippen molar-refractivity contribution in [2.45, 2.75) is 0 Å². The van der Waals surface area contributed by atoms with Gasteiger partial charge in [-0.05, 0) is 53.6 Å². The van der Waals surface area contributed by atoms with Gasteiger partial charge in [0.15, 0.2) is 0 Å². The monoisotopic (exact) mass is 574 g/mol. The molecule has 0 radical (unpaired) electrons. The molecule has 0 bridgehead atoms. The van der Waals surface area contributed by atoms with Crippen molar-refractivity contribution >= 4 is 77.1 Å². The predicted octanol–water partition coefficient (Wildman–Crippen LogP) is 11.9. The van der Waals surface area contributed by atoms with E-state index in [1.165, 1.54) is 49.2 Å². The van der Waals surface area contributed by atoms with Gasteiger partial charge in [0, 0.05) is 32.6 Å². The summed E-state index contributed by atoms with van der Waals surface area (Å²) >= 11 is 0. The normalized spacial score (nSPS) is 12.0. The van der Waals surface area contributed by atoms with Gasteiger partial charge >= 0.3 is 0 Å². The molecule has 0 amide bonds. The zero-order chi connectivity index (χ0) is 29.5. The molecule has 0 aliphatic carbocycles. The van der Waals surface area contributed by atoms with Crippen LogP contribution >= 0.6 is 0 Å². The standard InChI is InChI=1S/C42H26N2O/c1-2-11-27(12-3-1)28-23-25-29(26-24-28)43(36-19-10-22-39-40(36)34-14-5-7-21-38(34)45-39)37-20-9-17-33-32-16-8-15-31-30-13-4-6-18-35(30)44(41(31)32)42(33)37/h1-26H. The van der Waals surface area contributed by atoms with Crippen molar-refractivity contribution in [1.29, 1.82) is 0 Å². The number of hydrogen-bond donors (Lipinski definition) is 0. The lowest BCUT2D eigenvalue weighted by Crippen LogP contribution is -2.11. The fraction of sp³-hybridized carbons (Fsp3) is 0. The number of hydrogen-bond acceptors (Lipinski definition) is 2. The molecule has 0 saturated heterocycles. The Morgan fingerprint density at radius 1 is 0.400 bits per heavy atom. The lowest BCUT2D eigenvalue weighted by Gasteiger charge is -2.27. The molecule has 0 aliphatic rings. The number of anilines is 3. The Balaban J connectivity index is 1.33. The largest absolute Gasteiger partial charge is 0.456 e. The Morgan fingerprint density at radius 3 is 1.82 bits per heavy atom. The van der Waals surface area contributed by atoms with Gasteiger partial charge in [0.1, 0.15) is 11.2 Å². The average molecular weight is 575 g/mol. The Morgan fingerprint density at radius 2 is 0.978 bits per heavy atom. The predicted molar refractivity (Wildman–Crippen MR) is 188 cm³/mol. The molecule has 3 heterocycles. The molecule has 0 fully saturated rings. The summed E-state index contributed by atoms with van der Waals surface area (Å²) < 4.78 is 8.87. The third-order valence-corrected chi connectivity index (χ3v) is 9.32. The van der Waals surface area contributed by atoms with Crippen LogP contribution in [0.25, 0.3) is 71.2 Å². The summed E-state index contributed by atoms with van der Waals surface area (Å²) in [6.45, 7) is 0. The minimum Gasteiger partial charge on any atom is -0.456 e. The summed E-state index contributed by atoms with van der Waals surface area (Å²) in [7, 11) is 0. The molecule has 0 spiro atoms. The van der Waals surface area contributed by atoms with Gasteiger partial charge in [0.2, 0.25) is 0 Å². The van der Waals surface area contributed by atoms with Crippen LogP contribution in [-0.2, 0) is 0 Å². The van der Waals surface area contributed by atoms with Crippen LogP contribution in [0.15, 0.2) is 162 Å². The first-order valence-electron chi connectivity index (χ1n) is 15.4. The van der Waals surface area contributed by atoms with Gasteiger partial charge in [-0.15, -0.1) is 0 Å². The zero-order valence-corrected chi connectivity index (χ0v) is 24.3. The molecule has 7 aromatic carbocycles. The van der Waals surface area contributed by atoms with E-state index in [1.807, 2.05) is 6.07 Å². The van der Waals surface area contributed by atoms with Crippen LogP contribution in [-0.4, -0.2) is 4.40 Å². The topological polar surface area (TPSA) is 20.8 Å². The SMILES string of the molecule is c1ccc(-c2ccc(N(c3cccc4oc5ccccc5c34)c3cccc4c5cccc6c7ccccc7n(c34)c65)cc2)cc1. The second-order valence-electron chi connectivity index (χ2n) is 11.7. The van der Waals surface area contributed by atoms with Crippen molar-refractivity contribution in [2.24, 2.45) is 0 Å². The van der Waals surface area contributed by atoms with E-state index in [4.69, 9.17) is 4.42 Å². The second kappa shape index (κ2) is 9.22. The Kier molecular flexibility index (Phi) is 5.00. The first-order chi connectivity index (χ1) is 22.3. The molecule has 3 aromatic heterocycles. The number of furan rings is 1. The summed E-state index contributed by atoms with van der Waals surface area (Å²) in [5, 5.41) is 7.29. The maximum absolute atomic E-state index is 6.40. The maximum Gasteiger partial charge on any atom is 0.137 e. The molecule has 45 heavy (non-hydrogen) atoms. The molecule has 3 nitrogen and oxygen atoms in total. The van der Waals surface area contributed by atoms with Crippen molar-refractivity contribution in [2.75, 3.05) is 4.90 Å². The van der Waals surface area contributed by atoms with Gasteiger partial charge in [-0.1, -0.05) is 115 Å². The van der Waals surface area contributed by atoms with Crippen molar-refractivity contribution in [3.63, 3.8) is 0 Å². The summed E-state index contributed by atoms with van der Waals surface area (Å²) in [6, 6.07) is 56.4. The summed E-state index contributed by atoms with van der Waals surface area (Å²) in [5.41, 5.74) is 11.1. The number of aromatic nitrogens is 1. The van der Waals surface area contributed by atoms with Crippen molar-refractivity contribution in [3.8, 4) is 11.1 Å². The Hall–Kier alpha value is -6.06. The van der Waals surface area contributed by atoms with E-state index >= 15 is 0 Å². The Labute approximate surface area is 259 Å². The number of nitrogens with zero attached hydrogens (tertiary/aromatic N) is 2. The van der Waals surface area contributed by atoms with E-state index in [2.05, 4.69) is 161 Å². The van der Waals surface area contributed by atoms with Gasteiger partial charge in [0.05, 0.1) is 33.3 Å². The molecule has 0 aliphatic heterocycles. The number of fused-ring (bicyclic) bond motifs is 9. The molecular weight excluding hydrogens is 548 g/mol. The second-order valence-corrected chi connectivity index (χ2v) is 11.7. The summed E-state index contributed by atoms with van der Waals surface area (Å²) in [4.78, 5) is 2.42. The molecule has 10 aromatic rings. The highest BCUT2D eigenvalue weighted by atomic mass is 16.3. The average Bonchev–Trinajstić information content (AvgIpc) is 3.77. The van der Waals surface area contributed by atoms with Crippen molar-refractivity contribution in [3.05, 3.63) is 158 Å². The van der Waals surface area contributed by atoms with Crippen LogP contribution in [0.2, 0.25) is 0 Å². The minimum absolute atomic E-state index is 0.879. The minimum atomic E-state index is 0.879. The molecule has 0 N–H and O–H groups in total. The molecule has 210 valence electrons. The summed E-state index contributed by atoms with van der Waals surface area (Å²) in [5.74, 6) is 0. The number of rotatable bonds is 4. The van der Waals surface area contributed by atoms with E-state index in [1.54, 1.807) is 0 Å². The highest BCUT2D eigenvalue weighted by Crippen LogP contribution is 2.48. The lowest BCUT2D eigenvalue weighted by molar-refractivity contribution is 0.669. The molecule has 3 heteroatoms. The Bertz CT molecular complexity index is 2700. The van der Waals surface area contributed by atoms with E-state index in [0.29, 0.717) is 0 Å². The van der Waals surface area contributed by atoms with Crippen LogP contribution in [0.3, 0.4) is 0 Å². The molecule has 0 unspecified atom stereocenters. The van der Waals surface area contributed by atoms with E-state index in [9.17, 15) is 0 Å². The molecular formula is C42H26N2O. The van der Waals surface area contributed by atoms with Crippen LogP contribution in [0.1, 0.15) is 0 Å². The van der Waals surface area contributed by atoms with E-state index < -0.39 is 0 Å². The van der Waals surface area contributed by atoms with E-state index in [0.717, 1.165) is 39.0 Å². The quantitative estimate of drug-likeness (QED) is 0.208. The molecule has 10 rings (SSSR count). The van der Waals surface area contributed by atoms with E-state index in [-0.39, 0.29) is 0 Å². The first kappa shape index (κ1) is 24.4.